The number of ether oxygens (including phenoxy) is 1. The third-order valence-corrected chi connectivity index (χ3v) is 6.52. The van der Waals surface area contributed by atoms with Crippen molar-refractivity contribution in [3.8, 4) is 0 Å². The molecule has 2 aromatic heterocycles. The first-order chi connectivity index (χ1) is 12.3. The minimum atomic E-state index is -0.446. The van der Waals surface area contributed by atoms with Crippen molar-refractivity contribution < 1.29 is 14.3 Å². The Balaban J connectivity index is 1.84. The Bertz CT molecular complexity index is 1010. The molecule has 0 amide bonds. The van der Waals surface area contributed by atoms with Gasteiger partial charge in [0.25, 0.3) is 0 Å². The summed E-state index contributed by atoms with van der Waals surface area (Å²) in [6, 6.07) is 5.56. The molecule has 26 heavy (non-hydrogen) atoms. The van der Waals surface area contributed by atoms with Crippen LogP contribution in [0.5, 0.6) is 0 Å². The lowest BCUT2D eigenvalue weighted by molar-refractivity contribution is 0.0599. The van der Waals surface area contributed by atoms with Crippen LogP contribution in [0, 0.1) is 13.8 Å². The van der Waals surface area contributed by atoms with Crippen molar-refractivity contribution in [2.45, 2.75) is 30.4 Å². The second-order valence-electron chi connectivity index (χ2n) is 5.83. The van der Waals surface area contributed by atoms with Crippen LogP contribution in [-0.4, -0.2) is 34.1 Å². The number of ketones is 1. The Hall–Kier alpha value is -1.83. The number of aryl methyl sites for hydroxylation is 1. The summed E-state index contributed by atoms with van der Waals surface area (Å²) in [6.45, 7) is 5.34. The van der Waals surface area contributed by atoms with Crippen LogP contribution >= 0.6 is 34.7 Å². The predicted octanol–water partition coefficient (Wildman–Crippen LogP) is 5.04. The molecule has 8 heteroatoms. The molecule has 2 heterocycles. The SMILES string of the molecule is COC(=O)c1c(C)[nH]c(C(=O)[C@@H](C)Sc2nc3cc(Cl)ccc3s2)c1C. The van der Waals surface area contributed by atoms with E-state index in [-0.39, 0.29) is 11.0 Å². The smallest absolute Gasteiger partial charge is 0.339 e. The first-order valence-electron chi connectivity index (χ1n) is 7.86. The van der Waals surface area contributed by atoms with Crippen LogP contribution in [0.15, 0.2) is 22.5 Å². The van der Waals surface area contributed by atoms with Crippen LogP contribution in [0.2, 0.25) is 5.02 Å². The third-order valence-electron chi connectivity index (χ3n) is 4.05. The fraction of sp³-hybridized carbons (Fsp3) is 0.278. The van der Waals surface area contributed by atoms with Crippen molar-refractivity contribution in [2.75, 3.05) is 7.11 Å². The number of hydrogen-bond donors (Lipinski definition) is 1. The maximum Gasteiger partial charge on any atom is 0.339 e. The molecule has 5 nitrogen and oxygen atoms in total. The number of rotatable bonds is 5. The topological polar surface area (TPSA) is 72.1 Å². The van der Waals surface area contributed by atoms with Crippen molar-refractivity contribution in [1.82, 2.24) is 9.97 Å². The Morgan fingerprint density at radius 3 is 2.77 bits per heavy atom. The molecular formula is C18H17ClN2O3S2. The number of fused-ring (bicyclic) bond motifs is 1. The van der Waals surface area contributed by atoms with E-state index in [1.165, 1.54) is 30.2 Å². The van der Waals surface area contributed by atoms with Gasteiger partial charge in [0.2, 0.25) is 0 Å². The van der Waals surface area contributed by atoms with Gasteiger partial charge in [0.1, 0.15) is 0 Å². The number of nitrogens with zero attached hydrogens (tertiary/aromatic N) is 1. The number of nitrogens with one attached hydrogen (secondary N) is 1. The van der Waals surface area contributed by atoms with E-state index in [1.54, 1.807) is 13.8 Å². The molecule has 1 atom stereocenters. The first kappa shape index (κ1) is 18.9. The van der Waals surface area contributed by atoms with Gasteiger partial charge in [0.15, 0.2) is 10.1 Å². The number of aromatic nitrogens is 2. The number of thiazole rings is 1. The van der Waals surface area contributed by atoms with Gasteiger partial charge in [-0.2, -0.15) is 0 Å². The molecule has 1 aromatic carbocycles. The number of esters is 1. The Morgan fingerprint density at radius 1 is 1.35 bits per heavy atom. The minimum Gasteiger partial charge on any atom is -0.465 e. The fourth-order valence-corrected chi connectivity index (χ4v) is 5.16. The summed E-state index contributed by atoms with van der Waals surface area (Å²) in [5.74, 6) is -0.526. The summed E-state index contributed by atoms with van der Waals surface area (Å²) in [4.78, 5) is 32.3. The van der Waals surface area contributed by atoms with Gasteiger partial charge in [0.05, 0.1) is 33.8 Å². The Labute approximate surface area is 164 Å². The van der Waals surface area contributed by atoms with E-state index in [9.17, 15) is 9.59 Å². The maximum atomic E-state index is 12.9. The van der Waals surface area contributed by atoms with E-state index in [1.807, 2.05) is 25.1 Å². The number of halogens is 1. The van der Waals surface area contributed by atoms with Crippen LogP contribution < -0.4 is 0 Å². The zero-order valence-electron chi connectivity index (χ0n) is 14.7. The van der Waals surface area contributed by atoms with Gasteiger partial charge in [-0.1, -0.05) is 23.4 Å². The molecule has 136 valence electrons. The molecule has 0 aliphatic heterocycles. The molecule has 3 rings (SSSR count). The van der Waals surface area contributed by atoms with Gasteiger partial charge >= 0.3 is 5.97 Å². The van der Waals surface area contributed by atoms with E-state index < -0.39 is 5.97 Å². The van der Waals surface area contributed by atoms with Gasteiger partial charge in [-0.15, -0.1) is 11.3 Å². The highest BCUT2D eigenvalue weighted by atomic mass is 35.5. The lowest BCUT2D eigenvalue weighted by Gasteiger charge is -2.08. The number of Topliss-reactive ketones (excluding diaryl/α,β-unsaturated/α-hetero) is 1. The minimum absolute atomic E-state index is 0.0805. The average molecular weight is 409 g/mol. The molecule has 0 radical (unpaired) electrons. The third kappa shape index (κ3) is 3.51. The number of thioether (sulfide) groups is 1. The van der Waals surface area contributed by atoms with Gasteiger partial charge in [0, 0.05) is 10.7 Å². The van der Waals surface area contributed by atoms with Crippen LogP contribution in [0.3, 0.4) is 0 Å². The molecule has 0 fully saturated rings. The fourth-order valence-electron chi connectivity index (χ4n) is 2.74. The van der Waals surface area contributed by atoms with Crippen LogP contribution in [-0.2, 0) is 4.74 Å². The maximum absolute atomic E-state index is 12.9. The molecule has 0 aliphatic carbocycles. The number of H-pyrrole nitrogens is 1. The Kier molecular flexibility index (Phi) is 5.41. The standard InChI is InChI=1S/C18H17ClN2O3S2/c1-8-14(17(23)24-4)9(2)20-15(8)16(22)10(3)25-18-21-12-7-11(19)5-6-13(12)26-18/h5-7,10,20H,1-4H3/t10-/m1/s1. The average Bonchev–Trinajstić information content (AvgIpc) is 3.12. The van der Waals surface area contributed by atoms with Gasteiger partial charge in [-0.3, -0.25) is 4.79 Å². The van der Waals surface area contributed by atoms with Crippen LogP contribution in [0.4, 0.5) is 0 Å². The van der Waals surface area contributed by atoms with E-state index in [4.69, 9.17) is 16.3 Å². The molecule has 1 N–H and O–H groups in total. The summed E-state index contributed by atoms with van der Waals surface area (Å²) in [6.07, 6.45) is 0. The quantitative estimate of drug-likeness (QED) is 0.363. The van der Waals surface area contributed by atoms with E-state index in [2.05, 4.69) is 9.97 Å². The highest BCUT2D eigenvalue weighted by molar-refractivity contribution is 8.02. The zero-order valence-corrected chi connectivity index (χ0v) is 17.1. The summed E-state index contributed by atoms with van der Waals surface area (Å²) in [5, 5.41) is 0.282. The number of hydrogen-bond acceptors (Lipinski definition) is 6. The second kappa shape index (κ2) is 7.42. The zero-order chi connectivity index (χ0) is 19.0. The monoisotopic (exact) mass is 408 g/mol. The van der Waals surface area contributed by atoms with Crippen LogP contribution in [0.1, 0.15) is 39.0 Å². The summed E-state index contributed by atoms with van der Waals surface area (Å²) in [7, 11) is 1.33. The molecule has 0 spiro atoms. The summed E-state index contributed by atoms with van der Waals surface area (Å²) >= 11 is 8.92. The molecule has 0 bridgehead atoms. The number of benzene rings is 1. The van der Waals surface area contributed by atoms with Crippen molar-refractivity contribution in [3.63, 3.8) is 0 Å². The van der Waals surface area contributed by atoms with Crippen molar-refractivity contribution in [2.24, 2.45) is 0 Å². The molecular weight excluding hydrogens is 392 g/mol. The summed E-state index contributed by atoms with van der Waals surface area (Å²) < 4.78 is 6.62. The highest BCUT2D eigenvalue weighted by Crippen LogP contribution is 2.34. The normalized spacial score (nSPS) is 12.3. The number of methoxy groups -OCH3 is 1. The first-order valence-corrected chi connectivity index (χ1v) is 9.93. The number of carbonyl (C=O) groups is 2. The molecule has 0 saturated carbocycles. The Morgan fingerprint density at radius 2 is 2.08 bits per heavy atom. The van der Waals surface area contributed by atoms with E-state index >= 15 is 0 Å². The van der Waals surface area contributed by atoms with Gasteiger partial charge in [-0.05, 0) is 44.5 Å². The molecule has 0 aliphatic rings. The van der Waals surface area contributed by atoms with Gasteiger partial charge in [-0.25, -0.2) is 9.78 Å². The second-order valence-corrected chi connectivity index (χ2v) is 8.89. The van der Waals surface area contributed by atoms with Crippen molar-refractivity contribution >= 4 is 56.7 Å². The summed E-state index contributed by atoms with van der Waals surface area (Å²) in [5.41, 5.74) is 2.92. The van der Waals surface area contributed by atoms with E-state index in [0.29, 0.717) is 27.5 Å². The lowest BCUT2D eigenvalue weighted by Crippen LogP contribution is -2.15. The number of aromatic amines is 1. The molecule has 0 unspecified atom stereocenters. The lowest BCUT2D eigenvalue weighted by atomic mass is 10.1. The highest BCUT2D eigenvalue weighted by Gasteiger charge is 2.26. The number of carbonyl (C=O) groups excluding carboxylic acids is 2. The molecule has 3 aromatic rings. The van der Waals surface area contributed by atoms with Crippen molar-refractivity contribution in [3.05, 3.63) is 45.7 Å². The predicted molar refractivity (Wildman–Crippen MR) is 106 cm³/mol. The molecule has 0 saturated heterocycles. The van der Waals surface area contributed by atoms with Gasteiger partial charge < -0.3 is 9.72 Å². The van der Waals surface area contributed by atoms with Crippen molar-refractivity contribution in [1.29, 1.82) is 0 Å². The largest absolute Gasteiger partial charge is 0.465 e. The van der Waals surface area contributed by atoms with E-state index in [0.717, 1.165) is 14.6 Å². The van der Waals surface area contributed by atoms with Crippen LogP contribution in [0.25, 0.3) is 10.2 Å².